The Bertz CT molecular complexity index is 8340. The van der Waals surface area contributed by atoms with Crippen LogP contribution in [0, 0.1) is 70.3 Å². The Morgan fingerprint density at radius 1 is 0.348 bits per heavy atom. The molecule has 12 heterocycles. The van der Waals surface area contributed by atoms with Crippen LogP contribution in [-0.2, 0) is 0 Å². The molecule has 0 aliphatic heterocycles. The van der Waals surface area contributed by atoms with Gasteiger partial charge in [-0.2, -0.15) is 25.7 Å². The Labute approximate surface area is 791 Å². The molecule has 4 N–H and O–H groups in total. The van der Waals surface area contributed by atoms with E-state index in [1.54, 1.807) is 245 Å². The van der Waals surface area contributed by atoms with Gasteiger partial charge in [-0.25, -0.2) is 51.2 Å². The van der Waals surface area contributed by atoms with Gasteiger partial charge in [0.15, 0.2) is 22.6 Å². The fraction of sp³-hybridized carbons (Fsp3) is 0.144. The zero-order valence-corrected chi connectivity index (χ0v) is 77.6. The van der Waals surface area contributed by atoms with Crippen molar-refractivity contribution >= 4 is 105 Å². The van der Waals surface area contributed by atoms with E-state index in [0.29, 0.717) is 134 Å². The van der Waals surface area contributed by atoms with Crippen LogP contribution in [0.1, 0.15) is 156 Å². The number of benzene rings is 8. The summed E-state index contributed by atoms with van der Waals surface area (Å²) in [6.07, 6.45) is 13.3. The molecular weight excluding hydrogens is 1820 g/mol. The number of methoxy groups -OCH3 is 1. The number of hydrogen-bond acceptors (Lipinski definition) is 18. The molecule has 0 fully saturated rings. The third-order valence-electron chi connectivity index (χ3n) is 23.9. The summed E-state index contributed by atoms with van der Waals surface area (Å²) in [6.45, 7) is 17.9. The maximum Gasteiger partial charge on any atom is 0.267 e. The Balaban J connectivity index is 0.000000127. The number of para-hydroxylation sites is 4. The molecule has 34 heteroatoms. The second kappa shape index (κ2) is 38.6. The number of nitrogens with one attached hydrogen (secondary N) is 4. The predicted octanol–water partition coefficient (Wildman–Crippen LogP) is 17.0. The number of hydrogen-bond donors (Lipinski definition) is 4. The van der Waals surface area contributed by atoms with E-state index in [0.717, 1.165) is 10.9 Å². The quantitative estimate of drug-likeness (QED) is 0.0658. The highest BCUT2D eigenvalue weighted by Crippen LogP contribution is 2.37. The lowest BCUT2D eigenvalue weighted by Crippen LogP contribution is -2.33. The molecule has 688 valence electrons. The summed E-state index contributed by atoms with van der Waals surface area (Å²) in [5, 5.41) is 41.7. The molecule has 0 spiro atoms. The van der Waals surface area contributed by atoms with Gasteiger partial charge in [-0.05, 0) is 204 Å². The van der Waals surface area contributed by atoms with E-state index < -0.39 is 64.2 Å². The van der Waals surface area contributed by atoms with Crippen molar-refractivity contribution in [3.05, 3.63) is 416 Å². The van der Waals surface area contributed by atoms with Crippen molar-refractivity contribution in [2.45, 2.75) is 93.4 Å². The molecule has 0 saturated heterocycles. The molecule has 20 aromatic rings. The number of carbonyl (C=O) groups is 4. The Morgan fingerprint density at radius 3 is 0.949 bits per heavy atom. The number of aryl methyl sites for hydroxylation is 6. The van der Waals surface area contributed by atoms with Gasteiger partial charge in [0.25, 0.3) is 45.9 Å². The predicted molar refractivity (Wildman–Crippen MR) is 521 cm³/mol. The zero-order valence-electron chi connectivity index (χ0n) is 76.0. The van der Waals surface area contributed by atoms with Crippen molar-refractivity contribution in [2.24, 2.45) is 0 Å². The number of halogens is 4. The highest BCUT2D eigenvalue weighted by Gasteiger charge is 2.33. The van der Waals surface area contributed by atoms with E-state index >= 15 is 0 Å². The summed E-state index contributed by atoms with van der Waals surface area (Å²) in [7, 11) is 1.56. The van der Waals surface area contributed by atoms with Crippen LogP contribution in [-0.4, -0.2) is 107 Å². The van der Waals surface area contributed by atoms with Crippen molar-refractivity contribution in [3.8, 4) is 34.6 Å². The molecule has 0 bridgehead atoms. The van der Waals surface area contributed by atoms with E-state index in [1.165, 1.54) is 48.5 Å². The molecule has 0 saturated carbocycles. The lowest BCUT2D eigenvalue weighted by atomic mass is 9.99. The van der Waals surface area contributed by atoms with Gasteiger partial charge in [-0.15, -0.1) is 0 Å². The molecule has 0 aliphatic rings. The van der Waals surface area contributed by atoms with Crippen molar-refractivity contribution in [1.82, 2.24) is 97.9 Å². The molecule has 12 aromatic heterocycles. The third-order valence-corrected chi connectivity index (χ3v) is 24.7. The molecule has 138 heavy (non-hydrogen) atoms. The summed E-state index contributed by atoms with van der Waals surface area (Å²) >= 11 is 3.59. The number of pyridine rings is 4. The largest absolute Gasteiger partial charge is 0.496 e. The van der Waals surface area contributed by atoms with Crippen LogP contribution in [0.4, 0.5) is 13.2 Å². The number of amides is 4. The number of nitrogens with zero attached hydrogens (tertiary/aromatic N) is 17. The van der Waals surface area contributed by atoms with Crippen LogP contribution in [0.3, 0.4) is 0 Å². The lowest BCUT2D eigenvalue weighted by molar-refractivity contribution is 0.0931. The van der Waals surface area contributed by atoms with Crippen molar-refractivity contribution in [2.75, 3.05) is 7.11 Å². The van der Waals surface area contributed by atoms with E-state index in [2.05, 4.69) is 83.6 Å². The standard InChI is InChI=1S/C27H25N5O3.C26H19FN6O2.C26H22FN5O2.C25H19BrFN5O2/c1-16-20-12-8-13-21(35-4)23(20)27(34)32(19-10-6-5-7-11-19)24(16)18(3)29-26(33)22-17(2)30-31-15-9-14-28-25(22)31;1-15-21(24-29-12-7-13-32(24)31-15)25(34)30-16(2)23-19(14-28)18-10-6-11-20(27)22(18)26(35)33(23)17-8-4-3-5-9-17;1-15-19-11-7-12-20(27)22(19)26(34)32(18-9-5-4-6-10-18)23(15)17(3)29-25(33)21-16(2)30-31-14-8-13-28-24(21)31;1-14-19(23-28-12-7-13-31(23)30-14)24(33)29-15(2)22-21(26)17-10-6-11-18(27)20(17)25(34)32(22)16-8-4-3-5-9-16/h5-15,18H,1-4H3,(H,29,33);3-13,16H,1-2H3,(H,30,34);4-14,17H,1-3H3,(H,29,33);3-13,15H,1-2H3,(H,29,33)/t18-;16-;17-;15-/m0000/s1. The number of fused-ring (bicyclic) bond motifs is 8. The first-order chi connectivity index (χ1) is 66.6. The highest BCUT2D eigenvalue weighted by molar-refractivity contribution is 9.10. The molecule has 0 unspecified atom stereocenters. The molecule has 0 aliphatic carbocycles. The van der Waals surface area contributed by atoms with Gasteiger partial charge < -0.3 is 26.0 Å². The minimum absolute atomic E-state index is 0.0220. The van der Waals surface area contributed by atoms with Gasteiger partial charge in [0, 0.05) is 87.6 Å². The van der Waals surface area contributed by atoms with E-state index in [1.807, 2.05) is 87.5 Å². The Hall–Kier alpha value is -17.5. The first kappa shape index (κ1) is 92.4. The molecule has 30 nitrogen and oxygen atoms in total. The minimum Gasteiger partial charge on any atom is -0.496 e. The first-order valence-corrected chi connectivity index (χ1v) is 44.4. The number of aromatic nitrogens is 16. The third kappa shape index (κ3) is 17.0. The molecule has 20 rings (SSSR count). The minimum atomic E-state index is -0.796. The van der Waals surface area contributed by atoms with Crippen LogP contribution < -0.4 is 48.2 Å². The smallest absolute Gasteiger partial charge is 0.267 e. The van der Waals surface area contributed by atoms with Crippen molar-refractivity contribution < 1.29 is 37.1 Å². The van der Waals surface area contributed by atoms with Crippen LogP contribution in [0.2, 0.25) is 0 Å². The maximum atomic E-state index is 14.8. The first-order valence-electron chi connectivity index (χ1n) is 43.6. The summed E-state index contributed by atoms with van der Waals surface area (Å²) < 4.78 is 62.3. The number of rotatable bonds is 17. The van der Waals surface area contributed by atoms with Gasteiger partial charge in [0.05, 0.1) is 104 Å². The van der Waals surface area contributed by atoms with Crippen molar-refractivity contribution in [3.63, 3.8) is 0 Å². The average Bonchev–Trinajstić information content (AvgIpc) is 1.42. The molecule has 4 atom stereocenters. The van der Waals surface area contributed by atoms with Crippen LogP contribution in [0.5, 0.6) is 5.75 Å². The number of carbonyl (C=O) groups excluding carboxylic acids is 4. The van der Waals surface area contributed by atoms with Gasteiger partial charge in [-0.3, -0.25) is 56.6 Å². The molecule has 0 radical (unpaired) electrons. The monoisotopic (exact) mass is 1910 g/mol. The summed E-state index contributed by atoms with van der Waals surface area (Å²) in [6, 6.07) is 61.4. The summed E-state index contributed by atoms with van der Waals surface area (Å²) in [5.41, 5.74) is 9.48. The number of ether oxygens (including phenoxy) is 1. The van der Waals surface area contributed by atoms with Crippen molar-refractivity contribution in [1.29, 1.82) is 5.26 Å². The highest BCUT2D eigenvalue weighted by atomic mass is 79.9. The normalized spacial score (nSPS) is 12.1. The van der Waals surface area contributed by atoms with Gasteiger partial charge in [0.2, 0.25) is 0 Å². The number of nitriles is 1. The average molecular weight is 1910 g/mol. The zero-order chi connectivity index (χ0) is 97.3. The topological polar surface area (TPSA) is 358 Å². The fourth-order valence-corrected chi connectivity index (χ4v) is 18.7. The van der Waals surface area contributed by atoms with E-state index in [-0.39, 0.29) is 61.6 Å². The van der Waals surface area contributed by atoms with Crippen LogP contribution >= 0.6 is 15.9 Å². The summed E-state index contributed by atoms with van der Waals surface area (Å²) in [4.78, 5) is 125. The van der Waals surface area contributed by atoms with Crippen LogP contribution in [0.25, 0.3) is 88.4 Å². The molecular formula is C104H85BrF3N21O9. The maximum absolute atomic E-state index is 14.8. The van der Waals surface area contributed by atoms with Gasteiger partial charge in [-0.1, -0.05) is 121 Å². The second-order valence-corrected chi connectivity index (χ2v) is 33.3. The summed E-state index contributed by atoms with van der Waals surface area (Å²) in [5.74, 6) is -2.89. The Morgan fingerprint density at radius 2 is 0.616 bits per heavy atom. The van der Waals surface area contributed by atoms with E-state index in [9.17, 15) is 56.8 Å². The van der Waals surface area contributed by atoms with Gasteiger partial charge >= 0.3 is 0 Å². The molecule has 4 amide bonds. The Kier molecular flexibility index (Phi) is 25.8. The lowest BCUT2D eigenvalue weighted by Gasteiger charge is -2.24. The second-order valence-electron chi connectivity index (χ2n) is 32.5. The van der Waals surface area contributed by atoms with Gasteiger partial charge in [0.1, 0.15) is 51.5 Å². The SMILES string of the molecule is COc1cccc2c(C)c([C@H](C)NC(=O)c3c(C)nn4cccnc34)n(-c3ccccc3)c(=O)c12.Cc1nn2cccnc2c1C(=O)N[C@@H](C)c1c(Br)c2cccc(F)c2c(=O)n1-c1ccccc1.Cc1nn2cccnc2c1C(=O)N[C@@H](C)c1c(C#N)c2cccc(F)c2c(=O)n1-c1ccccc1.Cc1nn2cccnc2c1C(=O)N[C@@H](C)c1c(C)c2cccc(F)c2c(=O)n1-c1ccccc1. The van der Waals surface area contributed by atoms with Crippen LogP contribution in [0.15, 0.2) is 292 Å². The van der Waals surface area contributed by atoms with E-state index in [4.69, 9.17) is 4.74 Å². The fourth-order valence-electron chi connectivity index (χ4n) is 17.8. The molecule has 8 aromatic carbocycles.